The van der Waals surface area contributed by atoms with Crippen molar-refractivity contribution in [2.24, 2.45) is 5.16 Å². The van der Waals surface area contributed by atoms with Crippen molar-refractivity contribution < 1.29 is 33.9 Å². The minimum Gasteiger partial charge on any atom is -0.494 e. The second-order valence-electron chi connectivity index (χ2n) is 6.28. The van der Waals surface area contributed by atoms with Crippen molar-refractivity contribution in [2.75, 3.05) is 13.7 Å². The number of oxime groups is 1. The van der Waals surface area contributed by atoms with E-state index in [9.17, 15) is 19.2 Å². The number of hydrogen-bond donors (Lipinski definition) is 1. The van der Waals surface area contributed by atoms with Crippen LogP contribution in [0.5, 0.6) is 5.75 Å². The van der Waals surface area contributed by atoms with Crippen molar-refractivity contribution in [2.45, 2.75) is 12.5 Å². The van der Waals surface area contributed by atoms with Crippen molar-refractivity contribution in [3.05, 3.63) is 65.2 Å². The standard InChI is InChI=1S/C21H17N2O7/c1-29-21(27)18(23-19(25)15-4-2-3-5-16(15)20(23)26)10-11-30-14-8-6-13(7-9-14)17(12-24)22-28/h2-9,18,28H,10-11H2,1H3. The summed E-state index contributed by atoms with van der Waals surface area (Å²) in [6, 6.07) is 11.3. The maximum absolute atomic E-state index is 12.7. The molecule has 1 heterocycles. The highest BCUT2D eigenvalue weighted by atomic mass is 16.5. The van der Waals surface area contributed by atoms with E-state index < -0.39 is 23.8 Å². The number of fused-ring (bicyclic) bond motifs is 1. The Bertz CT molecular complexity index is 979. The number of carbonyl (C=O) groups excluding carboxylic acids is 4. The average Bonchev–Trinajstić information content (AvgIpc) is 3.03. The minimum absolute atomic E-state index is 0.00721. The van der Waals surface area contributed by atoms with Crippen molar-refractivity contribution >= 4 is 29.8 Å². The quantitative estimate of drug-likeness (QED) is 0.231. The van der Waals surface area contributed by atoms with E-state index >= 15 is 0 Å². The first-order valence-corrected chi connectivity index (χ1v) is 8.90. The molecule has 9 nitrogen and oxygen atoms in total. The van der Waals surface area contributed by atoms with Crippen molar-refractivity contribution in [3.8, 4) is 5.75 Å². The van der Waals surface area contributed by atoms with Gasteiger partial charge in [0.15, 0.2) is 5.71 Å². The molecule has 0 bridgehead atoms. The van der Waals surface area contributed by atoms with Gasteiger partial charge < -0.3 is 14.7 Å². The topological polar surface area (TPSA) is 123 Å². The molecule has 0 aromatic heterocycles. The molecule has 0 saturated carbocycles. The summed E-state index contributed by atoms with van der Waals surface area (Å²) in [5, 5.41) is 11.6. The Morgan fingerprint density at radius 2 is 1.70 bits per heavy atom. The molecule has 3 rings (SSSR count). The van der Waals surface area contributed by atoms with E-state index in [-0.39, 0.29) is 29.9 Å². The zero-order valence-electron chi connectivity index (χ0n) is 15.9. The Morgan fingerprint density at radius 3 is 2.20 bits per heavy atom. The van der Waals surface area contributed by atoms with Gasteiger partial charge in [0.25, 0.3) is 18.1 Å². The lowest BCUT2D eigenvalue weighted by molar-refractivity contribution is -0.145. The summed E-state index contributed by atoms with van der Waals surface area (Å²) in [5.41, 5.74) is 0.568. The Morgan fingerprint density at radius 1 is 1.10 bits per heavy atom. The van der Waals surface area contributed by atoms with E-state index in [0.29, 0.717) is 11.3 Å². The number of carbonyl (C=O) groups is 3. The highest BCUT2D eigenvalue weighted by Gasteiger charge is 2.43. The first kappa shape index (κ1) is 20.7. The van der Waals surface area contributed by atoms with Gasteiger partial charge in [0.1, 0.15) is 11.8 Å². The van der Waals surface area contributed by atoms with E-state index in [0.717, 1.165) is 4.90 Å². The summed E-state index contributed by atoms with van der Waals surface area (Å²) in [5.74, 6) is -1.44. The van der Waals surface area contributed by atoms with Gasteiger partial charge in [0.2, 0.25) is 0 Å². The third-order valence-corrected chi connectivity index (χ3v) is 4.59. The molecule has 0 saturated heterocycles. The Kier molecular flexibility index (Phi) is 6.21. The molecule has 1 radical (unpaired) electrons. The second kappa shape index (κ2) is 8.99. The summed E-state index contributed by atoms with van der Waals surface area (Å²) >= 11 is 0. The maximum atomic E-state index is 12.7. The lowest BCUT2D eigenvalue weighted by Gasteiger charge is -2.24. The van der Waals surface area contributed by atoms with Crippen molar-refractivity contribution in [1.82, 2.24) is 4.90 Å². The molecular formula is C21H17N2O7. The molecule has 2 aromatic carbocycles. The van der Waals surface area contributed by atoms with E-state index in [1.54, 1.807) is 12.1 Å². The van der Waals surface area contributed by atoms with Crippen molar-refractivity contribution in [1.29, 1.82) is 0 Å². The number of amides is 2. The third-order valence-electron chi connectivity index (χ3n) is 4.59. The molecule has 153 valence electrons. The minimum atomic E-state index is -1.14. The molecule has 1 atom stereocenters. The van der Waals surface area contributed by atoms with Gasteiger partial charge in [-0.3, -0.25) is 19.3 Å². The number of benzene rings is 2. The van der Waals surface area contributed by atoms with Gasteiger partial charge in [0.05, 0.1) is 24.8 Å². The molecule has 2 aromatic rings. The fourth-order valence-corrected chi connectivity index (χ4v) is 3.11. The highest BCUT2D eigenvalue weighted by Crippen LogP contribution is 2.26. The van der Waals surface area contributed by atoms with Crippen LogP contribution in [-0.4, -0.2) is 59.6 Å². The van der Waals surface area contributed by atoms with E-state index in [1.165, 1.54) is 49.8 Å². The largest absolute Gasteiger partial charge is 0.494 e. The van der Waals surface area contributed by atoms with Crippen LogP contribution in [0.25, 0.3) is 0 Å². The number of hydrogen-bond acceptors (Lipinski definition) is 8. The van der Waals surface area contributed by atoms with Gasteiger partial charge >= 0.3 is 5.97 Å². The van der Waals surface area contributed by atoms with Gasteiger partial charge in [-0.1, -0.05) is 17.3 Å². The fraction of sp³-hybridized carbons (Fsp3) is 0.190. The van der Waals surface area contributed by atoms with Gasteiger partial charge in [-0.25, -0.2) is 4.79 Å². The first-order valence-electron chi connectivity index (χ1n) is 8.90. The Labute approximate surface area is 171 Å². The van der Waals surface area contributed by atoms with Gasteiger partial charge in [0, 0.05) is 12.0 Å². The van der Waals surface area contributed by atoms with Crippen LogP contribution in [0, 0.1) is 0 Å². The first-order chi connectivity index (χ1) is 14.5. The molecule has 0 aliphatic carbocycles. The van der Waals surface area contributed by atoms with E-state index in [1.807, 2.05) is 0 Å². The highest BCUT2D eigenvalue weighted by molar-refractivity contribution is 6.36. The van der Waals surface area contributed by atoms with Gasteiger partial charge in [-0.2, -0.15) is 0 Å². The Hall–Kier alpha value is -4.01. The number of rotatable bonds is 8. The summed E-state index contributed by atoms with van der Waals surface area (Å²) in [6.45, 7) is 0.00721. The fourth-order valence-electron chi connectivity index (χ4n) is 3.11. The zero-order chi connectivity index (χ0) is 21.7. The molecule has 1 aliphatic heterocycles. The summed E-state index contributed by atoms with van der Waals surface area (Å²) < 4.78 is 10.4. The number of esters is 1. The second-order valence-corrected chi connectivity index (χ2v) is 6.28. The average molecular weight is 409 g/mol. The number of nitrogens with zero attached hydrogens (tertiary/aromatic N) is 2. The molecule has 1 N–H and O–H groups in total. The molecule has 0 spiro atoms. The van der Waals surface area contributed by atoms with Crippen molar-refractivity contribution in [3.63, 3.8) is 0 Å². The smallest absolute Gasteiger partial charge is 0.329 e. The van der Waals surface area contributed by atoms with Crippen LogP contribution in [0.3, 0.4) is 0 Å². The molecule has 2 amide bonds. The predicted molar refractivity (Wildman–Crippen MR) is 103 cm³/mol. The summed E-state index contributed by atoms with van der Waals surface area (Å²) in [6.07, 6.45) is 1.52. The Balaban J connectivity index is 1.70. The molecule has 9 heteroatoms. The van der Waals surface area contributed by atoms with Crippen LogP contribution >= 0.6 is 0 Å². The van der Waals surface area contributed by atoms with Crippen LogP contribution in [0.15, 0.2) is 53.7 Å². The normalized spacial score (nSPS) is 14.3. The van der Waals surface area contributed by atoms with Crippen LogP contribution in [0.1, 0.15) is 32.7 Å². The van der Waals surface area contributed by atoms with Crippen LogP contribution in [0.2, 0.25) is 0 Å². The molecule has 1 unspecified atom stereocenters. The number of ether oxygens (including phenoxy) is 2. The molecular weight excluding hydrogens is 392 g/mol. The number of imide groups is 1. The monoisotopic (exact) mass is 409 g/mol. The van der Waals surface area contributed by atoms with E-state index in [2.05, 4.69) is 5.16 Å². The SMILES string of the molecule is COC(=O)C(CCOc1ccc(C([C]=O)=NO)cc1)N1C(=O)c2ccccc2C1=O. The number of methoxy groups -OCH3 is 1. The summed E-state index contributed by atoms with van der Waals surface area (Å²) in [4.78, 5) is 49.1. The summed E-state index contributed by atoms with van der Waals surface area (Å²) in [7, 11) is 1.18. The van der Waals surface area contributed by atoms with Gasteiger partial charge in [-0.05, 0) is 36.4 Å². The van der Waals surface area contributed by atoms with Gasteiger partial charge in [-0.15, -0.1) is 0 Å². The molecule has 1 aliphatic rings. The van der Waals surface area contributed by atoms with E-state index in [4.69, 9.17) is 14.7 Å². The lowest BCUT2D eigenvalue weighted by Crippen LogP contribution is -2.46. The zero-order valence-corrected chi connectivity index (χ0v) is 15.9. The van der Waals surface area contributed by atoms with Crippen LogP contribution < -0.4 is 4.74 Å². The van der Waals surface area contributed by atoms with Crippen LogP contribution in [-0.2, 0) is 14.3 Å². The molecule has 0 fully saturated rings. The third kappa shape index (κ3) is 3.90. The maximum Gasteiger partial charge on any atom is 0.329 e. The lowest BCUT2D eigenvalue weighted by atomic mass is 10.1. The molecule has 30 heavy (non-hydrogen) atoms. The van der Waals surface area contributed by atoms with Crippen LogP contribution in [0.4, 0.5) is 0 Å². The predicted octanol–water partition coefficient (Wildman–Crippen LogP) is 1.58.